The highest BCUT2D eigenvalue weighted by atomic mass is 16.4. The Balaban J connectivity index is 2.35. The Morgan fingerprint density at radius 3 is 2.60 bits per heavy atom. The van der Waals surface area contributed by atoms with Crippen molar-refractivity contribution in [2.45, 2.75) is 52.0 Å². The monoisotopic (exact) mass is 213 g/mol. The summed E-state index contributed by atoms with van der Waals surface area (Å²) in [5, 5.41) is 8.67. The molecule has 2 unspecified atom stereocenters. The lowest BCUT2D eigenvalue weighted by Gasteiger charge is -2.27. The van der Waals surface area contributed by atoms with Crippen LogP contribution in [0.1, 0.15) is 46.0 Å². The first-order chi connectivity index (χ1) is 7.17. The van der Waals surface area contributed by atoms with E-state index >= 15 is 0 Å². The number of aliphatic carboxylic acids is 1. The van der Waals surface area contributed by atoms with Gasteiger partial charge in [-0.05, 0) is 31.7 Å². The van der Waals surface area contributed by atoms with Crippen molar-refractivity contribution >= 4 is 5.97 Å². The Kier molecular flexibility index (Phi) is 5.09. The minimum absolute atomic E-state index is 0.279. The summed E-state index contributed by atoms with van der Waals surface area (Å²) in [5.41, 5.74) is 0. The zero-order valence-electron chi connectivity index (χ0n) is 9.91. The standard InChI is InChI=1S/C12H23NO2/c1-3-10-5-6-11(9-10)13(4-2)8-7-12(14)15/h10-11H,3-9H2,1-2H3,(H,14,15). The maximum Gasteiger partial charge on any atom is 0.304 e. The smallest absolute Gasteiger partial charge is 0.304 e. The van der Waals surface area contributed by atoms with Gasteiger partial charge in [-0.3, -0.25) is 4.79 Å². The topological polar surface area (TPSA) is 40.5 Å². The maximum absolute atomic E-state index is 10.5. The van der Waals surface area contributed by atoms with E-state index in [0.717, 1.165) is 12.5 Å². The fourth-order valence-electron chi connectivity index (χ4n) is 2.59. The molecule has 0 aromatic rings. The third kappa shape index (κ3) is 3.82. The number of hydrogen-bond donors (Lipinski definition) is 1. The van der Waals surface area contributed by atoms with Gasteiger partial charge in [0.1, 0.15) is 0 Å². The van der Waals surface area contributed by atoms with E-state index in [2.05, 4.69) is 18.7 Å². The fourth-order valence-corrected chi connectivity index (χ4v) is 2.59. The van der Waals surface area contributed by atoms with Gasteiger partial charge in [0.05, 0.1) is 6.42 Å². The van der Waals surface area contributed by atoms with Gasteiger partial charge in [0.25, 0.3) is 0 Å². The molecule has 0 heterocycles. The summed E-state index contributed by atoms with van der Waals surface area (Å²) in [6.45, 7) is 6.07. The molecule has 88 valence electrons. The summed E-state index contributed by atoms with van der Waals surface area (Å²) in [4.78, 5) is 12.9. The second kappa shape index (κ2) is 6.11. The van der Waals surface area contributed by atoms with Crippen molar-refractivity contribution in [2.75, 3.05) is 13.1 Å². The van der Waals surface area contributed by atoms with Gasteiger partial charge in [-0.2, -0.15) is 0 Å². The third-order valence-electron chi connectivity index (χ3n) is 3.63. The molecule has 0 aromatic heterocycles. The number of carboxylic acids is 1. The molecule has 0 bridgehead atoms. The van der Waals surface area contributed by atoms with Crippen molar-refractivity contribution < 1.29 is 9.90 Å². The third-order valence-corrected chi connectivity index (χ3v) is 3.63. The zero-order chi connectivity index (χ0) is 11.3. The van der Waals surface area contributed by atoms with E-state index in [4.69, 9.17) is 5.11 Å². The Morgan fingerprint density at radius 1 is 1.40 bits per heavy atom. The molecule has 0 saturated heterocycles. The second-order valence-corrected chi connectivity index (χ2v) is 4.51. The SMILES string of the molecule is CCC1CCC(N(CC)CCC(=O)O)C1. The van der Waals surface area contributed by atoms with Crippen molar-refractivity contribution in [3.8, 4) is 0 Å². The van der Waals surface area contributed by atoms with Gasteiger partial charge in [0.2, 0.25) is 0 Å². The van der Waals surface area contributed by atoms with Gasteiger partial charge >= 0.3 is 5.97 Å². The van der Waals surface area contributed by atoms with Crippen LogP contribution in [0.4, 0.5) is 0 Å². The Bertz CT molecular complexity index is 206. The highest BCUT2D eigenvalue weighted by Gasteiger charge is 2.27. The van der Waals surface area contributed by atoms with Gasteiger partial charge in [0, 0.05) is 12.6 Å². The lowest BCUT2D eigenvalue weighted by atomic mass is 10.1. The van der Waals surface area contributed by atoms with E-state index in [1.54, 1.807) is 0 Å². The van der Waals surface area contributed by atoms with Gasteiger partial charge in [-0.25, -0.2) is 0 Å². The van der Waals surface area contributed by atoms with Crippen LogP contribution in [0.3, 0.4) is 0 Å². The van der Waals surface area contributed by atoms with E-state index in [1.807, 2.05) is 0 Å². The van der Waals surface area contributed by atoms with Gasteiger partial charge in [-0.1, -0.05) is 20.3 Å². The molecule has 1 aliphatic carbocycles. The average Bonchev–Trinajstić information content (AvgIpc) is 2.67. The van der Waals surface area contributed by atoms with Crippen LogP contribution >= 0.6 is 0 Å². The largest absolute Gasteiger partial charge is 0.481 e. The molecule has 3 nitrogen and oxygen atoms in total. The summed E-state index contributed by atoms with van der Waals surface area (Å²) < 4.78 is 0. The molecule has 0 aliphatic heterocycles. The highest BCUT2D eigenvalue weighted by molar-refractivity contribution is 5.66. The molecular weight excluding hydrogens is 190 g/mol. The minimum Gasteiger partial charge on any atom is -0.481 e. The molecule has 1 saturated carbocycles. The van der Waals surface area contributed by atoms with Crippen LogP contribution in [0, 0.1) is 5.92 Å². The van der Waals surface area contributed by atoms with Gasteiger partial charge in [0.15, 0.2) is 0 Å². The number of rotatable bonds is 6. The molecule has 0 spiro atoms. The predicted molar refractivity (Wildman–Crippen MR) is 60.9 cm³/mol. The quantitative estimate of drug-likeness (QED) is 0.736. The number of nitrogens with zero attached hydrogens (tertiary/aromatic N) is 1. The average molecular weight is 213 g/mol. The normalized spacial score (nSPS) is 26.1. The van der Waals surface area contributed by atoms with Crippen LogP contribution in [0.25, 0.3) is 0 Å². The van der Waals surface area contributed by atoms with Crippen LogP contribution in [0.5, 0.6) is 0 Å². The van der Waals surface area contributed by atoms with E-state index in [9.17, 15) is 4.79 Å². The van der Waals surface area contributed by atoms with Crippen molar-refractivity contribution in [1.82, 2.24) is 4.90 Å². The molecule has 1 N–H and O–H groups in total. The maximum atomic E-state index is 10.5. The van der Waals surface area contributed by atoms with E-state index in [-0.39, 0.29) is 6.42 Å². The van der Waals surface area contributed by atoms with E-state index < -0.39 is 5.97 Å². The lowest BCUT2D eigenvalue weighted by molar-refractivity contribution is -0.137. The minimum atomic E-state index is -0.682. The Labute approximate surface area is 92.5 Å². The highest BCUT2D eigenvalue weighted by Crippen LogP contribution is 2.31. The summed E-state index contributed by atoms with van der Waals surface area (Å²) in [5.74, 6) is 0.187. The molecule has 0 aromatic carbocycles. The molecule has 1 aliphatic rings. The van der Waals surface area contributed by atoms with Crippen molar-refractivity contribution in [3.05, 3.63) is 0 Å². The van der Waals surface area contributed by atoms with Crippen molar-refractivity contribution in [3.63, 3.8) is 0 Å². The van der Waals surface area contributed by atoms with Crippen molar-refractivity contribution in [1.29, 1.82) is 0 Å². The summed E-state index contributed by atoms with van der Waals surface area (Å²) in [7, 11) is 0. The van der Waals surface area contributed by atoms with Crippen LogP contribution in [0.2, 0.25) is 0 Å². The van der Waals surface area contributed by atoms with Crippen LogP contribution in [0.15, 0.2) is 0 Å². The molecule has 0 amide bonds. The number of hydrogen-bond acceptors (Lipinski definition) is 2. The number of carboxylic acid groups (broad SMARTS) is 1. The Morgan fingerprint density at radius 2 is 2.13 bits per heavy atom. The number of carbonyl (C=O) groups is 1. The van der Waals surface area contributed by atoms with Crippen LogP contribution in [-0.2, 0) is 4.79 Å². The first kappa shape index (κ1) is 12.5. The van der Waals surface area contributed by atoms with Crippen LogP contribution < -0.4 is 0 Å². The predicted octanol–water partition coefficient (Wildman–Crippen LogP) is 2.36. The molecule has 15 heavy (non-hydrogen) atoms. The van der Waals surface area contributed by atoms with E-state index in [0.29, 0.717) is 12.6 Å². The van der Waals surface area contributed by atoms with Crippen molar-refractivity contribution in [2.24, 2.45) is 5.92 Å². The van der Waals surface area contributed by atoms with E-state index in [1.165, 1.54) is 25.7 Å². The summed E-state index contributed by atoms with van der Waals surface area (Å²) >= 11 is 0. The molecule has 1 rings (SSSR count). The molecule has 3 heteroatoms. The fraction of sp³-hybridized carbons (Fsp3) is 0.917. The van der Waals surface area contributed by atoms with Gasteiger partial charge in [-0.15, -0.1) is 0 Å². The molecule has 2 atom stereocenters. The molecule has 1 fully saturated rings. The molecular formula is C12H23NO2. The van der Waals surface area contributed by atoms with Gasteiger partial charge < -0.3 is 10.0 Å². The van der Waals surface area contributed by atoms with Crippen LogP contribution in [-0.4, -0.2) is 35.1 Å². The zero-order valence-corrected chi connectivity index (χ0v) is 9.91. The first-order valence-electron chi connectivity index (χ1n) is 6.13. The first-order valence-corrected chi connectivity index (χ1v) is 6.13. The Hall–Kier alpha value is -0.570. The second-order valence-electron chi connectivity index (χ2n) is 4.51. The molecule has 0 radical (unpaired) electrons. The summed E-state index contributed by atoms with van der Waals surface area (Å²) in [6, 6.07) is 0.638. The summed E-state index contributed by atoms with van der Waals surface area (Å²) in [6.07, 6.45) is 5.40. The lowest BCUT2D eigenvalue weighted by Crippen LogP contribution is -2.35.